The highest BCUT2D eigenvalue weighted by atomic mass is 16.5. The van der Waals surface area contributed by atoms with E-state index in [1.54, 1.807) is 0 Å². The second kappa shape index (κ2) is 9.22. The van der Waals surface area contributed by atoms with E-state index in [1.807, 2.05) is 44.2 Å². The Labute approximate surface area is 153 Å². The van der Waals surface area contributed by atoms with Gasteiger partial charge in [0.1, 0.15) is 18.7 Å². The van der Waals surface area contributed by atoms with Gasteiger partial charge in [0.05, 0.1) is 0 Å². The molecule has 0 aromatic heterocycles. The van der Waals surface area contributed by atoms with Crippen molar-refractivity contribution in [3.63, 3.8) is 0 Å². The number of carboxylic acid groups (broad SMARTS) is 1. The number of carbonyl (C=O) groups excluding carboxylic acids is 2. The lowest BCUT2D eigenvalue weighted by Gasteiger charge is -2.28. The summed E-state index contributed by atoms with van der Waals surface area (Å²) in [5.74, 6) is -1.21. The number of aliphatic carboxylic acids is 1. The summed E-state index contributed by atoms with van der Waals surface area (Å²) in [4.78, 5) is 37.6. The van der Waals surface area contributed by atoms with Crippen molar-refractivity contribution in [2.75, 3.05) is 6.54 Å². The number of rotatable bonds is 7. The van der Waals surface area contributed by atoms with Crippen LogP contribution in [0.4, 0.5) is 4.79 Å². The summed E-state index contributed by atoms with van der Waals surface area (Å²) in [6.07, 6.45) is 0.824. The van der Waals surface area contributed by atoms with E-state index in [0.29, 0.717) is 25.8 Å². The second-order valence-corrected chi connectivity index (χ2v) is 6.92. The number of amides is 2. The molecular weight excluding hydrogens is 336 g/mol. The fourth-order valence-corrected chi connectivity index (χ4v) is 3.09. The topological polar surface area (TPSA) is 95.9 Å². The van der Waals surface area contributed by atoms with Crippen LogP contribution < -0.4 is 5.32 Å². The first-order chi connectivity index (χ1) is 12.4. The van der Waals surface area contributed by atoms with Gasteiger partial charge in [-0.1, -0.05) is 44.2 Å². The van der Waals surface area contributed by atoms with Gasteiger partial charge in [0, 0.05) is 6.54 Å². The lowest BCUT2D eigenvalue weighted by Crippen LogP contribution is -2.52. The number of ether oxygens (including phenoxy) is 1. The van der Waals surface area contributed by atoms with Crippen molar-refractivity contribution < 1.29 is 24.2 Å². The van der Waals surface area contributed by atoms with Crippen molar-refractivity contribution in [1.82, 2.24) is 10.2 Å². The molecule has 0 radical (unpaired) electrons. The molecule has 7 heteroatoms. The normalized spacial score (nSPS) is 17.8. The first kappa shape index (κ1) is 19.8. The van der Waals surface area contributed by atoms with Crippen molar-refractivity contribution in [1.29, 1.82) is 0 Å². The molecule has 2 amide bonds. The summed E-state index contributed by atoms with van der Waals surface area (Å²) >= 11 is 0. The predicted molar refractivity (Wildman–Crippen MR) is 95.4 cm³/mol. The zero-order chi connectivity index (χ0) is 19.1. The quantitative estimate of drug-likeness (QED) is 0.776. The van der Waals surface area contributed by atoms with Crippen LogP contribution in [0.25, 0.3) is 0 Å². The van der Waals surface area contributed by atoms with Crippen molar-refractivity contribution in [3.05, 3.63) is 35.9 Å². The third kappa shape index (κ3) is 5.47. The van der Waals surface area contributed by atoms with Crippen LogP contribution in [0.1, 0.15) is 38.7 Å². The van der Waals surface area contributed by atoms with Crippen LogP contribution in [0.2, 0.25) is 0 Å². The van der Waals surface area contributed by atoms with Gasteiger partial charge in [-0.2, -0.15) is 0 Å². The molecular formula is C19H26N2O5. The SMILES string of the molecule is CC(C)C[C@H](NC(=O)OCc1ccccc1)C(=O)N1CCC[C@@H]1C(=O)O. The highest BCUT2D eigenvalue weighted by Gasteiger charge is 2.37. The first-order valence-electron chi connectivity index (χ1n) is 8.89. The van der Waals surface area contributed by atoms with Gasteiger partial charge in [0.15, 0.2) is 0 Å². The van der Waals surface area contributed by atoms with E-state index in [9.17, 15) is 19.5 Å². The summed E-state index contributed by atoms with van der Waals surface area (Å²) in [6, 6.07) is 7.63. The van der Waals surface area contributed by atoms with E-state index >= 15 is 0 Å². The van der Waals surface area contributed by atoms with E-state index in [0.717, 1.165) is 5.56 Å². The van der Waals surface area contributed by atoms with E-state index in [4.69, 9.17) is 4.74 Å². The second-order valence-electron chi connectivity index (χ2n) is 6.92. The minimum absolute atomic E-state index is 0.108. The molecule has 0 unspecified atom stereocenters. The number of nitrogens with zero attached hydrogens (tertiary/aromatic N) is 1. The molecule has 2 atom stereocenters. The third-order valence-corrected chi connectivity index (χ3v) is 4.33. The van der Waals surface area contributed by atoms with Crippen LogP contribution in [-0.2, 0) is 20.9 Å². The molecule has 0 saturated carbocycles. The number of carbonyl (C=O) groups is 3. The largest absolute Gasteiger partial charge is 0.480 e. The van der Waals surface area contributed by atoms with Gasteiger partial charge in [0.2, 0.25) is 5.91 Å². The number of benzene rings is 1. The molecule has 1 fully saturated rings. The van der Waals surface area contributed by atoms with Crippen LogP contribution in [0.5, 0.6) is 0 Å². The van der Waals surface area contributed by atoms with Gasteiger partial charge < -0.3 is 20.1 Å². The first-order valence-corrected chi connectivity index (χ1v) is 8.89. The average Bonchev–Trinajstić information content (AvgIpc) is 3.09. The third-order valence-electron chi connectivity index (χ3n) is 4.33. The van der Waals surface area contributed by atoms with E-state index in [-0.39, 0.29) is 18.4 Å². The van der Waals surface area contributed by atoms with Crippen LogP contribution in [0.3, 0.4) is 0 Å². The summed E-state index contributed by atoms with van der Waals surface area (Å²) in [6.45, 7) is 4.38. The Balaban J connectivity index is 1.98. The molecule has 142 valence electrons. The summed E-state index contributed by atoms with van der Waals surface area (Å²) in [5.41, 5.74) is 0.847. The smallest absolute Gasteiger partial charge is 0.408 e. The lowest BCUT2D eigenvalue weighted by atomic mass is 10.0. The number of alkyl carbamates (subject to hydrolysis) is 1. The molecule has 1 aromatic carbocycles. The predicted octanol–water partition coefficient (Wildman–Crippen LogP) is 2.40. The Morgan fingerprint density at radius 2 is 1.96 bits per heavy atom. The van der Waals surface area contributed by atoms with Gasteiger partial charge in [0.25, 0.3) is 0 Å². The molecule has 7 nitrogen and oxygen atoms in total. The number of nitrogens with one attached hydrogen (secondary N) is 1. The maximum atomic E-state index is 12.8. The molecule has 1 aromatic rings. The van der Waals surface area contributed by atoms with Crippen LogP contribution in [-0.4, -0.2) is 46.6 Å². The zero-order valence-electron chi connectivity index (χ0n) is 15.2. The maximum Gasteiger partial charge on any atom is 0.408 e. The highest BCUT2D eigenvalue weighted by Crippen LogP contribution is 2.20. The molecule has 1 heterocycles. The van der Waals surface area contributed by atoms with Gasteiger partial charge in [-0.15, -0.1) is 0 Å². The standard InChI is InChI=1S/C19H26N2O5/c1-13(2)11-15(17(22)21-10-6-9-16(21)18(23)24)20-19(25)26-12-14-7-4-3-5-8-14/h3-5,7-8,13,15-16H,6,9-12H2,1-2H3,(H,20,25)(H,23,24)/t15-,16+/m0/s1. The van der Waals surface area contributed by atoms with Crippen molar-refractivity contribution in [3.8, 4) is 0 Å². The van der Waals surface area contributed by atoms with Crippen LogP contribution in [0.15, 0.2) is 30.3 Å². The fraction of sp³-hybridized carbons (Fsp3) is 0.526. The van der Waals surface area contributed by atoms with Crippen molar-refractivity contribution in [2.45, 2.75) is 51.8 Å². The van der Waals surface area contributed by atoms with Crippen molar-refractivity contribution in [2.24, 2.45) is 5.92 Å². The monoisotopic (exact) mass is 362 g/mol. The Morgan fingerprint density at radius 3 is 2.58 bits per heavy atom. The number of hydrogen-bond acceptors (Lipinski definition) is 4. The molecule has 0 aliphatic carbocycles. The maximum absolute atomic E-state index is 12.8. The molecule has 26 heavy (non-hydrogen) atoms. The van der Waals surface area contributed by atoms with Crippen molar-refractivity contribution >= 4 is 18.0 Å². The number of hydrogen-bond donors (Lipinski definition) is 2. The van der Waals surface area contributed by atoms with Crippen LogP contribution in [0, 0.1) is 5.92 Å². The number of likely N-dealkylation sites (tertiary alicyclic amines) is 1. The molecule has 1 aliphatic rings. The summed E-state index contributed by atoms with van der Waals surface area (Å²) < 4.78 is 5.19. The van der Waals surface area contributed by atoms with E-state index in [2.05, 4.69) is 5.32 Å². The van der Waals surface area contributed by atoms with Gasteiger partial charge in [-0.25, -0.2) is 9.59 Å². The van der Waals surface area contributed by atoms with E-state index < -0.39 is 24.1 Å². The lowest BCUT2D eigenvalue weighted by molar-refractivity contribution is -0.149. The molecule has 2 N–H and O–H groups in total. The van der Waals surface area contributed by atoms with Gasteiger partial charge in [-0.3, -0.25) is 4.79 Å². The summed E-state index contributed by atoms with van der Waals surface area (Å²) in [5, 5.41) is 11.9. The van der Waals surface area contributed by atoms with Gasteiger partial charge >= 0.3 is 12.1 Å². The summed E-state index contributed by atoms with van der Waals surface area (Å²) in [7, 11) is 0. The Bertz CT molecular complexity index is 632. The number of carboxylic acids is 1. The minimum Gasteiger partial charge on any atom is -0.480 e. The Hall–Kier alpha value is -2.57. The van der Waals surface area contributed by atoms with E-state index in [1.165, 1.54) is 4.90 Å². The highest BCUT2D eigenvalue weighted by molar-refractivity contribution is 5.89. The van der Waals surface area contributed by atoms with Crippen LogP contribution >= 0.6 is 0 Å². The Kier molecular flexibility index (Phi) is 7.00. The zero-order valence-corrected chi connectivity index (χ0v) is 15.2. The molecule has 2 rings (SSSR count). The molecule has 1 saturated heterocycles. The minimum atomic E-state index is -1.01. The Morgan fingerprint density at radius 1 is 1.27 bits per heavy atom. The fourth-order valence-electron chi connectivity index (χ4n) is 3.09. The molecule has 1 aliphatic heterocycles. The molecule has 0 spiro atoms. The average molecular weight is 362 g/mol. The van der Waals surface area contributed by atoms with Gasteiger partial charge in [-0.05, 0) is 30.7 Å². The molecule has 0 bridgehead atoms.